The molecule has 1 aromatic carbocycles. The van der Waals surface area contributed by atoms with Gasteiger partial charge < -0.3 is 9.84 Å². The highest BCUT2D eigenvalue weighted by Crippen LogP contribution is 2.36. The first-order valence-electron chi connectivity index (χ1n) is 7.31. The molecule has 1 aliphatic rings. The van der Waals surface area contributed by atoms with Gasteiger partial charge in [0.05, 0.1) is 7.11 Å². The number of nitrogens with zero attached hydrogens (tertiary/aromatic N) is 1. The number of aliphatic carboxylic acids is 1. The maximum absolute atomic E-state index is 10.5. The number of unbranched alkanes of at least 4 members (excludes halogenated alkanes) is 1. The minimum Gasteiger partial charge on any atom is -0.496 e. The summed E-state index contributed by atoms with van der Waals surface area (Å²) in [5, 5.41) is 8.67. The van der Waals surface area contributed by atoms with Crippen LogP contribution in [0.4, 0.5) is 0 Å². The molecule has 0 aliphatic carbocycles. The Morgan fingerprint density at radius 1 is 1.40 bits per heavy atom. The fraction of sp³-hybridized carbons (Fsp3) is 0.562. The summed E-state index contributed by atoms with van der Waals surface area (Å²) in [5.74, 6) is 0.252. The summed E-state index contributed by atoms with van der Waals surface area (Å²) in [6, 6.07) is 8.61. The molecule has 1 heterocycles. The number of benzene rings is 1. The fourth-order valence-electron chi connectivity index (χ4n) is 2.98. The number of carboxylic acid groups (broad SMARTS) is 1. The van der Waals surface area contributed by atoms with E-state index in [0.717, 1.165) is 38.1 Å². The fourth-order valence-corrected chi connectivity index (χ4v) is 2.98. The number of hydrogen-bond acceptors (Lipinski definition) is 3. The molecule has 1 fully saturated rings. The third-order valence-corrected chi connectivity index (χ3v) is 3.95. The molecule has 4 nitrogen and oxygen atoms in total. The summed E-state index contributed by atoms with van der Waals surface area (Å²) >= 11 is 0. The molecule has 110 valence electrons. The predicted octanol–water partition coefficient (Wildman–Crippen LogP) is 3.09. The maximum Gasteiger partial charge on any atom is 0.303 e. The van der Waals surface area contributed by atoms with Crippen LogP contribution in [-0.2, 0) is 4.79 Å². The molecule has 0 bridgehead atoms. The minimum absolute atomic E-state index is 0.271. The Kier molecular flexibility index (Phi) is 5.41. The third-order valence-electron chi connectivity index (χ3n) is 3.95. The molecular weight excluding hydrogens is 254 g/mol. The van der Waals surface area contributed by atoms with Crippen LogP contribution >= 0.6 is 0 Å². The number of carbonyl (C=O) groups is 1. The maximum atomic E-state index is 10.5. The summed E-state index contributed by atoms with van der Waals surface area (Å²) in [4.78, 5) is 13.0. The van der Waals surface area contributed by atoms with Gasteiger partial charge in [0.15, 0.2) is 0 Å². The van der Waals surface area contributed by atoms with Crippen molar-refractivity contribution in [1.29, 1.82) is 0 Å². The normalized spacial score (nSPS) is 19.1. The van der Waals surface area contributed by atoms with Crippen molar-refractivity contribution in [2.75, 3.05) is 20.2 Å². The van der Waals surface area contributed by atoms with Crippen molar-refractivity contribution in [3.05, 3.63) is 29.8 Å². The Bertz CT molecular complexity index is 447. The first kappa shape index (κ1) is 14.9. The predicted molar refractivity (Wildman–Crippen MR) is 78.0 cm³/mol. The van der Waals surface area contributed by atoms with Gasteiger partial charge in [-0.05, 0) is 44.8 Å². The Labute approximate surface area is 120 Å². The van der Waals surface area contributed by atoms with E-state index < -0.39 is 5.97 Å². The lowest BCUT2D eigenvalue weighted by Crippen LogP contribution is -2.24. The van der Waals surface area contributed by atoms with Crippen LogP contribution in [0.25, 0.3) is 0 Å². The van der Waals surface area contributed by atoms with E-state index in [1.54, 1.807) is 7.11 Å². The van der Waals surface area contributed by atoms with Crippen LogP contribution in [0.15, 0.2) is 24.3 Å². The van der Waals surface area contributed by atoms with E-state index in [4.69, 9.17) is 9.84 Å². The largest absolute Gasteiger partial charge is 0.496 e. The molecule has 1 unspecified atom stereocenters. The van der Waals surface area contributed by atoms with Gasteiger partial charge in [-0.2, -0.15) is 0 Å². The van der Waals surface area contributed by atoms with Crippen molar-refractivity contribution < 1.29 is 14.6 Å². The first-order valence-corrected chi connectivity index (χ1v) is 7.31. The van der Waals surface area contributed by atoms with Crippen molar-refractivity contribution in [2.45, 2.75) is 38.1 Å². The molecule has 0 radical (unpaired) electrons. The molecule has 1 aliphatic heterocycles. The van der Waals surface area contributed by atoms with Crippen molar-refractivity contribution in [2.24, 2.45) is 0 Å². The van der Waals surface area contributed by atoms with E-state index in [-0.39, 0.29) is 6.42 Å². The van der Waals surface area contributed by atoms with Crippen molar-refractivity contribution in [1.82, 2.24) is 4.90 Å². The van der Waals surface area contributed by atoms with Crippen LogP contribution in [0.2, 0.25) is 0 Å². The summed E-state index contributed by atoms with van der Waals surface area (Å²) in [5.41, 5.74) is 1.26. The van der Waals surface area contributed by atoms with Gasteiger partial charge >= 0.3 is 5.97 Å². The van der Waals surface area contributed by atoms with Crippen LogP contribution in [0, 0.1) is 0 Å². The topological polar surface area (TPSA) is 49.8 Å². The average molecular weight is 277 g/mol. The van der Waals surface area contributed by atoms with Crippen LogP contribution in [-0.4, -0.2) is 36.2 Å². The molecule has 0 spiro atoms. The average Bonchev–Trinajstić information content (AvgIpc) is 2.91. The lowest BCUT2D eigenvalue weighted by atomic mass is 10.0. The number of methoxy groups -OCH3 is 1. The van der Waals surface area contributed by atoms with E-state index in [2.05, 4.69) is 17.0 Å². The number of hydrogen-bond donors (Lipinski definition) is 1. The molecule has 0 aromatic heterocycles. The number of likely N-dealkylation sites (tertiary alicyclic amines) is 1. The Morgan fingerprint density at radius 2 is 2.20 bits per heavy atom. The van der Waals surface area contributed by atoms with Gasteiger partial charge in [0.2, 0.25) is 0 Å². The molecule has 1 N–H and O–H groups in total. The zero-order valence-electron chi connectivity index (χ0n) is 12.0. The number of ether oxygens (including phenoxy) is 1. The Morgan fingerprint density at radius 3 is 2.95 bits per heavy atom. The summed E-state index contributed by atoms with van der Waals surface area (Å²) < 4.78 is 5.46. The van der Waals surface area contributed by atoms with Crippen LogP contribution in [0.3, 0.4) is 0 Å². The van der Waals surface area contributed by atoms with Gasteiger partial charge in [-0.3, -0.25) is 9.69 Å². The number of rotatable bonds is 7. The molecule has 0 amide bonds. The van der Waals surface area contributed by atoms with Gasteiger partial charge in [-0.1, -0.05) is 18.2 Å². The quantitative estimate of drug-likeness (QED) is 0.778. The highest BCUT2D eigenvalue weighted by atomic mass is 16.5. The Balaban J connectivity index is 1.94. The molecule has 2 rings (SSSR count). The van der Waals surface area contributed by atoms with E-state index >= 15 is 0 Å². The van der Waals surface area contributed by atoms with Gasteiger partial charge in [0.1, 0.15) is 5.75 Å². The lowest BCUT2D eigenvalue weighted by Gasteiger charge is -2.26. The zero-order valence-corrected chi connectivity index (χ0v) is 12.0. The number of carboxylic acids is 1. The van der Waals surface area contributed by atoms with Gasteiger partial charge in [-0.15, -0.1) is 0 Å². The van der Waals surface area contributed by atoms with Gasteiger partial charge in [-0.25, -0.2) is 0 Å². The standard InChI is InChI=1S/C16H23NO3/c1-20-15-9-3-2-7-13(15)14-8-6-12-17(14)11-5-4-10-16(18)19/h2-3,7,9,14H,4-6,8,10-12H2,1H3,(H,18,19). The second kappa shape index (κ2) is 7.29. The molecule has 4 heteroatoms. The molecule has 20 heavy (non-hydrogen) atoms. The first-order chi connectivity index (χ1) is 9.72. The van der Waals surface area contributed by atoms with Crippen LogP contribution in [0.5, 0.6) is 5.75 Å². The van der Waals surface area contributed by atoms with E-state index in [1.807, 2.05) is 12.1 Å². The second-order valence-corrected chi connectivity index (χ2v) is 5.29. The summed E-state index contributed by atoms with van der Waals surface area (Å²) in [6.07, 6.45) is 4.32. The van der Waals surface area contributed by atoms with E-state index in [1.165, 1.54) is 12.0 Å². The van der Waals surface area contributed by atoms with E-state index in [0.29, 0.717) is 6.04 Å². The van der Waals surface area contributed by atoms with Crippen molar-refractivity contribution >= 4 is 5.97 Å². The van der Waals surface area contributed by atoms with Crippen LogP contribution in [0.1, 0.15) is 43.7 Å². The molecule has 0 saturated carbocycles. The third kappa shape index (κ3) is 3.73. The summed E-state index contributed by atoms with van der Waals surface area (Å²) in [6.45, 7) is 2.06. The lowest BCUT2D eigenvalue weighted by molar-refractivity contribution is -0.137. The highest BCUT2D eigenvalue weighted by Gasteiger charge is 2.27. The zero-order chi connectivity index (χ0) is 14.4. The number of para-hydroxylation sites is 1. The summed E-state index contributed by atoms with van der Waals surface area (Å²) in [7, 11) is 1.71. The monoisotopic (exact) mass is 277 g/mol. The molecule has 1 saturated heterocycles. The van der Waals surface area contributed by atoms with Gasteiger partial charge in [0, 0.05) is 18.0 Å². The smallest absolute Gasteiger partial charge is 0.303 e. The van der Waals surface area contributed by atoms with Crippen molar-refractivity contribution in [3.8, 4) is 5.75 Å². The van der Waals surface area contributed by atoms with Gasteiger partial charge in [0.25, 0.3) is 0 Å². The second-order valence-electron chi connectivity index (χ2n) is 5.29. The SMILES string of the molecule is COc1ccccc1C1CCCN1CCCCC(=O)O. The van der Waals surface area contributed by atoms with E-state index in [9.17, 15) is 4.79 Å². The Hall–Kier alpha value is -1.55. The van der Waals surface area contributed by atoms with Crippen molar-refractivity contribution in [3.63, 3.8) is 0 Å². The van der Waals surface area contributed by atoms with Crippen LogP contribution < -0.4 is 4.74 Å². The molecule has 1 aromatic rings. The highest BCUT2D eigenvalue weighted by molar-refractivity contribution is 5.66. The molecular formula is C16H23NO3. The molecule has 1 atom stereocenters. The minimum atomic E-state index is -0.701.